The van der Waals surface area contributed by atoms with Crippen LogP contribution in [0.2, 0.25) is 5.02 Å². The van der Waals surface area contributed by atoms with Gasteiger partial charge in [0.15, 0.2) is 0 Å². The molecule has 2 rings (SSSR count). The zero-order valence-corrected chi connectivity index (χ0v) is 12.8. The molecule has 0 heterocycles. The van der Waals surface area contributed by atoms with Crippen LogP contribution < -0.4 is 5.32 Å². The maximum absolute atomic E-state index is 13.1. The van der Waals surface area contributed by atoms with Crippen LogP contribution >= 0.6 is 11.6 Å². The second-order valence-electron chi connectivity index (χ2n) is 5.40. The van der Waals surface area contributed by atoms with Crippen LogP contribution in [0.25, 0.3) is 0 Å². The van der Waals surface area contributed by atoms with Crippen LogP contribution in [-0.2, 0) is 6.54 Å². The zero-order valence-electron chi connectivity index (χ0n) is 12.0. The lowest BCUT2D eigenvalue weighted by molar-refractivity contribution is 0.410. The Hall–Kier alpha value is -1.45. The lowest BCUT2D eigenvalue weighted by atomic mass is 9.95. The van der Waals surface area contributed by atoms with E-state index in [4.69, 9.17) is 11.6 Å². The molecule has 0 spiro atoms. The van der Waals surface area contributed by atoms with Gasteiger partial charge in [0.1, 0.15) is 11.6 Å². The first-order valence-corrected chi connectivity index (χ1v) is 7.28. The van der Waals surface area contributed by atoms with E-state index in [1.807, 2.05) is 0 Å². The summed E-state index contributed by atoms with van der Waals surface area (Å²) in [6.45, 7) is 4.76. The maximum atomic E-state index is 13.1. The van der Waals surface area contributed by atoms with Gasteiger partial charge in [0.25, 0.3) is 0 Å². The van der Waals surface area contributed by atoms with E-state index in [-0.39, 0.29) is 16.9 Å². The smallest absolute Gasteiger partial charge is 0.141 e. The van der Waals surface area contributed by atoms with Crippen LogP contribution in [0, 0.1) is 17.6 Å². The Kier molecular flexibility index (Phi) is 5.32. The summed E-state index contributed by atoms with van der Waals surface area (Å²) in [5.74, 6) is -0.322. The first-order chi connectivity index (χ1) is 9.97. The summed E-state index contributed by atoms with van der Waals surface area (Å²) in [5.41, 5.74) is 1.94. The van der Waals surface area contributed by atoms with Gasteiger partial charge in [-0.1, -0.05) is 43.6 Å². The minimum atomic E-state index is -0.417. The van der Waals surface area contributed by atoms with Crippen molar-refractivity contribution in [2.24, 2.45) is 5.92 Å². The molecule has 112 valence electrons. The van der Waals surface area contributed by atoms with Gasteiger partial charge in [0.05, 0.1) is 5.02 Å². The van der Waals surface area contributed by atoms with Gasteiger partial charge in [-0.3, -0.25) is 0 Å². The third-order valence-corrected chi connectivity index (χ3v) is 3.70. The van der Waals surface area contributed by atoms with E-state index in [2.05, 4.69) is 19.2 Å². The monoisotopic (exact) mass is 309 g/mol. The summed E-state index contributed by atoms with van der Waals surface area (Å²) in [6, 6.07) is 11.3. The predicted molar refractivity (Wildman–Crippen MR) is 82.2 cm³/mol. The number of halogens is 3. The highest BCUT2D eigenvalue weighted by Crippen LogP contribution is 2.23. The Labute approximate surface area is 128 Å². The van der Waals surface area contributed by atoms with Gasteiger partial charge in [-0.25, -0.2) is 8.78 Å². The van der Waals surface area contributed by atoms with E-state index in [0.29, 0.717) is 12.5 Å². The Balaban J connectivity index is 2.09. The highest BCUT2D eigenvalue weighted by Gasteiger charge is 2.15. The van der Waals surface area contributed by atoms with E-state index in [1.54, 1.807) is 24.3 Å². The van der Waals surface area contributed by atoms with Crippen LogP contribution in [0.5, 0.6) is 0 Å². The van der Waals surface area contributed by atoms with Crippen molar-refractivity contribution in [3.63, 3.8) is 0 Å². The molecule has 0 amide bonds. The van der Waals surface area contributed by atoms with Crippen LogP contribution in [0.3, 0.4) is 0 Å². The highest BCUT2D eigenvalue weighted by atomic mass is 35.5. The van der Waals surface area contributed by atoms with Gasteiger partial charge < -0.3 is 5.32 Å². The molecule has 1 nitrogen and oxygen atoms in total. The van der Waals surface area contributed by atoms with Crippen LogP contribution in [-0.4, -0.2) is 0 Å². The van der Waals surface area contributed by atoms with Crippen molar-refractivity contribution in [3.8, 4) is 0 Å². The fourth-order valence-corrected chi connectivity index (χ4v) is 2.49. The van der Waals surface area contributed by atoms with Crippen molar-refractivity contribution in [1.82, 2.24) is 5.32 Å². The third kappa shape index (κ3) is 4.26. The Morgan fingerprint density at radius 3 is 2.29 bits per heavy atom. The average molecular weight is 310 g/mol. The summed E-state index contributed by atoms with van der Waals surface area (Å²) >= 11 is 5.78. The van der Waals surface area contributed by atoms with Crippen molar-refractivity contribution in [1.29, 1.82) is 0 Å². The second kappa shape index (κ2) is 7.01. The lowest BCUT2D eigenvalue weighted by Gasteiger charge is -2.23. The van der Waals surface area contributed by atoms with Crippen LogP contribution in [0.1, 0.15) is 31.0 Å². The van der Waals surface area contributed by atoms with Gasteiger partial charge in [-0.2, -0.15) is 0 Å². The largest absolute Gasteiger partial charge is 0.306 e. The molecule has 0 bridgehead atoms. The van der Waals surface area contributed by atoms with Crippen molar-refractivity contribution in [2.45, 2.75) is 26.4 Å². The lowest BCUT2D eigenvalue weighted by Crippen LogP contribution is -2.25. The molecule has 1 atom stereocenters. The van der Waals surface area contributed by atoms with Gasteiger partial charge in [-0.05, 0) is 41.3 Å². The molecule has 1 N–H and O–H groups in total. The summed E-state index contributed by atoms with van der Waals surface area (Å²) < 4.78 is 26.2. The molecular formula is C17H18ClF2N. The summed E-state index contributed by atoms with van der Waals surface area (Å²) in [4.78, 5) is 0. The molecule has 21 heavy (non-hydrogen) atoms. The van der Waals surface area contributed by atoms with Crippen LogP contribution in [0.4, 0.5) is 8.78 Å². The van der Waals surface area contributed by atoms with Gasteiger partial charge in [-0.15, -0.1) is 0 Å². The third-order valence-electron chi connectivity index (χ3n) is 3.41. The molecule has 0 aromatic heterocycles. The minimum absolute atomic E-state index is 0.0921. The topological polar surface area (TPSA) is 12.0 Å². The molecule has 1 unspecified atom stereocenters. The van der Waals surface area contributed by atoms with E-state index >= 15 is 0 Å². The fraction of sp³-hybridized carbons (Fsp3) is 0.294. The summed E-state index contributed by atoms with van der Waals surface area (Å²) in [7, 11) is 0. The van der Waals surface area contributed by atoms with E-state index in [9.17, 15) is 8.78 Å². The molecule has 0 saturated carbocycles. The Morgan fingerprint density at radius 1 is 1.05 bits per heavy atom. The normalized spacial score (nSPS) is 12.7. The van der Waals surface area contributed by atoms with Crippen molar-refractivity contribution < 1.29 is 8.78 Å². The fourth-order valence-electron chi connectivity index (χ4n) is 2.29. The van der Waals surface area contributed by atoms with Gasteiger partial charge in [0.2, 0.25) is 0 Å². The molecule has 0 aliphatic heterocycles. The highest BCUT2D eigenvalue weighted by molar-refractivity contribution is 6.30. The van der Waals surface area contributed by atoms with Gasteiger partial charge in [0, 0.05) is 12.6 Å². The standard InChI is InChI=1S/C17H18ClF2N/c1-11(2)17(13-4-6-14(19)7-5-13)21-10-12-3-8-16(20)15(18)9-12/h3-9,11,17,21H,10H2,1-2H3. The number of rotatable bonds is 5. The zero-order chi connectivity index (χ0) is 15.4. The molecule has 2 aromatic carbocycles. The predicted octanol–water partition coefficient (Wildman–Crippen LogP) is 5.11. The first kappa shape index (κ1) is 15.9. The molecule has 0 saturated heterocycles. The number of hydrogen-bond donors (Lipinski definition) is 1. The SMILES string of the molecule is CC(C)C(NCc1ccc(F)c(Cl)c1)c1ccc(F)cc1. The second-order valence-corrected chi connectivity index (χ2v) is 5.81. The van der Waals surface area contributed by atoms with Gasteiger partial charge >= 0.3 is 0 Å². The van der Waals surface area contributed by atoms with E-state index in [0.717, 1.165) is 11.1 Å². The Bertz CT molecular complexity index is 596. The first-order valence-electron chi connectivity index (χ1n) is 6.90. The molecule has 2 aromatic rings. The molecule has 0 fully saturated rings. The molecular weight excluding hydrogens is 292 g/mol. The minimum Gasteiger partial charge on any atom is -0.306 e. The summed E-state index contributed by atoms with van der Waals surface area (Å²) in [5, 5.41) is 3.54. The maximum Gasteiger partial charge on any atom is 0.141 e. The quantitative estimate of drug-likeness (QED) is 0.809. The van der Waals surface area contributed by atoms with E-state index < -0.39 is 5.82 Å². The van der Waals surface area contributed by atoms with Crippen molar-refractivity contribution in [2.75, 3.05) is 0 Å². The Morgan fingerprint density at radius 2 is 1.71 bits per heavy atom. The van der Waals surface area contributed by atoms with Crippen molar-refractivity contribution in [3.05, 3.63) is 70.2 Å². The van der Waals surface area contributed by atoms with E-state index in [1.165, 1.54) is 18.2 Å². The van der Waals surface area contributed by atoms with Crippen LogP contribution in [0.15, 0.2) is 42.5 Å². The molecule has 0 aliphatic rings. The number of benzene rings is 2. The number of hydrogen-bond acceptors (Lipinski definition) is 1. The number of nitrogens with one attached hydrogen (secondary N) is 1. The van der Waals surface area contributed by atoms with Crippen molar-refractivity contribution >= 4 is 11.6 Å². The molecule has 4 heteroatoms. The summed E-state index contributed by atoms with van der Waals surface area (Å²) in [6.07, 6.45) is 0. The average Bonchev–Trinajstić information content (AvgIpc) is 2.44. The molecule has 0 radical (unpaired) electrons. The molecule has 0 aliphatic carbocycles.